The van der Waals surface area contributed by atoms with Gasteiger partial charge in [0, 0.05) is 6.54 Å². The molecule has 12 heteroatoms. The average Bonchev–Trinajstić information content (AvgIpc) is 3.28. The Hall–Kier alpha value is -3.96. The maximum Gasteiger partial charge on any atom is 0.306 e. The smallest absolute Gasteiger partial charge is 0.288 e. The highest BCUT2D eigenvalue weighted by Gasteiger charge is 2.20. The van der Waals surface area contributed by atoms with E-state index in [1.54, 1.807) is 0 Å². The van der Waals surface area contributed by atoms with Crippen molar-refractivity contribution in [3.8, 4) is 5.69 Å². The Morgan fingerprint density at radius 3 is 2.86 bits per heavy atom. The van der Waals surface area contributed by atoms with E-state index in [4.69, 9.17) is 0 Å². The number of hydrogen-bond acceptors (Lipinski definition) is 8. The second-order valence-electron chi connectivity index (χ2n) is 6.02. The van der Waals surface area contributed by atoms with E-state index >= 15 is 0 Å². The van der Waals surface area contributed by atoms with Crippen molar-refractivity contribution < 1.29 is 4.79 Å². The Bertz CT molecular complexity index is 1220. The Morgan fingerprint density at radius 1 is 1.25 bits per heavy atom. The number of anilines is 1. The summed E-state index contributed by atoms with van der Waals surface area (Å²) in [5.41, 5.74) is 0.553. The summed E-state index contributed by atoms with van der Waals surface area (Å²) in [6, 6.07) is 7.52. The SMILES string of the molecule is CCCn1nnnc1NC(=O)c1nn2cnn(-c3ccccc3C)c2nc1=O. The lowest BCUT2D eigenvalue weighted by atomic mass is 10.2. The van der Waals surface area contributed by atoms with Crippen LogP contribution in [0.4, 0.5) is 5.95 Å². The average molecular weight is 380 g/mol. The number of amides is 1. The maximum atomic E-state index is 12.5. The van der Waals surface area contributed by atoms with Crippen LogP contribution < -0.4 is 10.9 Å². The molecule has 0 saturated carbocycles. The van der Waals surface area contributed by atoms with Crippen molar-refractivity contribution in [1.82, 2.24) is 44.6 Å². The Labute approximate surface area is 157 Å². The van der Waals surface area contributed by atoms with Crippen LogP contribution in [0.25, 0.3) is 11.5 Å². The van der Waals surface area contributed by atoms with Gasteiger partial charge in [-0.2, -0.15) is 24.4 Å². The third kappa shape index (κ3) is 3.00. The fourth-order valence-corrected chi connectivity index (χ4v) is 2.70. The van der Waals surface area contributed by atoms with E-state index in [0.29, 0.717) is 6.54 Å². The van der Waals surface area contributed by atoms with Crippen molar-refractivity contribution >= 4 is 17.6 Å². The molecule has 0 atom stereocenters. The number of fused-ring (bicyclic) bond motifs is 1. The number of nitrogens with zero attached hydrogens (tertiary/aromatic N) is 9. The molecule has 1 aromatic carbocycles. The van der Waals surface area contributed by atoms with Crippen LogP contribution in [0.2, 0.25) is 0 Å². The predicted octanol–water partition coefficient (Wildman–Crippen LogP) is 0.232. The van der Waals surface area contributed by atoms with Crippen LogP contribution in [0.15, 0.2) is 35.4 Å². The Morgan fingerprint density at radius 2 is 2.07 bits per heavy atom. The zero-order valence-electron chi connectivity index (χ0n) is 15.1. The molecule has 4 aromatic rings. The van der Waals surface area contributed by atoms with E-state index in [-0.39, 0.29) is 17.4 Å². The summed E-state index contributed by atoms with van der Waals surface area (Å²) in [4.78, 5) is 28.9. The van der Waals surface area contributed by atoms with Gasteiger partial charge in [0.2, 0.25) is 11.6 Å². The minimum absolute atomic E-state index is 0.133. The number of carbonyl (C=O) groups is 1. The van der Waals surface area contributed by atoms with Gasteiger partial charge in [-0.1, -0.05) is 30.2 Å². The van der Waals surface area contributed by atoms with E-state index in [2.05, 4.69) is 36.0 Å². The lowest BCUT2D eigenvalue weighted by molar-refractivity contribution is 0.101. The maximum absolute atomic E-state index is 12.5. The summed E-state index contributed by atoms with van der Waals surface area (Å²) in [6.07, 6.45) is 2.16. The highest BCUT2D eigenvalue weighted by Crippen LogP contribution is 2.14. The fourth-order valence-electron chi connectivity index (χ4n) is 2.70. The van der Waals surface area contributed by atoms with Gasteiger partial charge in [-0.05, 0) is 35.4 Å². The molecule has 0 bridgehead atoms. The van der Waals surface area contributed by atoms with Crippen LogP contribution in [0.3, 0.4) is 0 Å². The second-order valence-corrected chi connectivity index (χ2v) is 6.02. The van der Waals surface area contributed by atoms with Gasteiger partial charge < -0.3 is 0 Å². The molecule has 0 radical (unpaired) electrons. The second kappa shape index (κ2) is 6.98. The third-order valence-electron chi connectivity index (χ3n) is 4.03. The van der Waals surface area contributed by atoms with Crippen LogP contribution in [0.5, 0.6) is 0 Å². The molecule has 0 unspecified atom stereocenters. The van der Waals surface area contributed by atoms with Crippen LogP contribution in [-0.4, -0.2) is 50.5 Å². The Balaban J connectivity index is 1.71. The molecule has 12 nitrogen and oxygen atoms in total. The van der Waals surface area contributed by atoms with E-state index < -0.39 is 11.5 Å². The lowest BCUT2D eigenvalue weighted by Crippen LogP contribution is -2.28. The molecule has 0 aliphatic heterocycles. The first-order valence-electron chi connectivity index (χ1n) is 8.56. The van der Waals surface area contributed by atoms with Crippen LogP contribution in [-0.2, 0) is 6.54 Å². The highest BCUT2D eigenvalue weighted by atomic mass is 16.2. The van der Waals surface area contributed by atoms with Crippen molar-refractivity contribution in [1.29, 1.82) is 0 Å². The number of aromatic nitrogens is 9. The number of rotatable bonds is 5. The molecule has 1 amide bonds. The largest absolute Gasteiger partial charge is 0.306 e. The summed E-state index contributed by atoms with van der Waals surface area (Å²) in [5.74, 6) is -0.414. The van der Waals surface area contributed by atoms with Gasteiger partial charge in [-0.15, -0.1) is 0 Å². The molecule has 142 valence electrons. The Kier molecular flexibility index (Phi) is 4.35. The summed E-state index contributed by atoms with van der Waals surface area (Å²) < 4.78 is 4.20. The molecule has 3 heterocycles. The van der Waals surface area contributed by atoms with Crippen LogP contribution in [0, 0.1) is 6.92 Å². The van der Waals surface area contributed by atoms with Gasteiger partial charge in [-0.3, -0.25) is 14.9 Å². The third-order valence-corrected chi connectivity index (χ3v) is 4.03. The van der Waals surface area contributed by atoms with Crippen LogP contribution in [0.1, 0.15) is 29.4 Å². The molecule has 28 heavy (non-hydrogen) atoms. The van der Waals surface area contributed by atoms with E-state index in [0.717, 1.165) is 17.7 Å². The molecule has 0 spiro atoms. The molecule has 0 aliphatic carbocycles. The van der Waals surface area contributed by atoms with Crippen LogP contribution >= 0.6 is 0 Å². The predicted molar refractivity (Wildman–Crippen MR) is 97.2 cm³/mol. The number of hydrogen-bond donors (Lipinski definition) is 1. The number of aryl methyl sites for hydroxylation is 2. The summed E-state index contributed by atoms with van der Waals surface area (Å²) in [6.45, 7) is 4.39. The van der Waals surface area contributed by atoms with Gasteiger partial charge in [0.05, 0.1) is 5.69 Å². The van der Waals surface area contributed by atoms with Crippen molar-refractivity contribution in [2.45, 2.75) is 26.8 Å². The highest BCUT2D eigenvalue weighted by molar-refractivity contribution is 6.01. The monoisotopic (exact) mass is 380 g/mol. The van der Waals surface area contributed by atoms with Gasteiger partial charge in [-0.25, -0.2) is 4.68 Å². The van der Waals surface area contributed by atoms with Gasteiger partial charge in [0.25, 0.3) is 11.7 Å². The standard InChI is InChI=1S/C16H16N10O2/c1-3-8-24-15(20-22-23-24)18-13(27)12-14(28)19-16-25(21-12)9-17-26(16)11-7-5-4-6-10(11)2/h4-7,9H,3,8H2,1-2H3,(H,18,20,23,27). The molecule has 0 fully saturated rings. The summed E-state index contributed by atoms with van der Waals surface area (Å²) >= 11 is 0. The summed E-state index contributed by atoms with van der Waals surface area (Å²) in [5, 5.41) is 21.8. The first kappa shape index (κ1) is 17.5. The number of tetrazole rings is 1. The first-order valence-corrected chi connectivity index (χ1v) is 8.56. The van der Waals surface area contributed by atoms with Gasteiger partial charge >= 0.3 is 5.56 Å². The normalized spacial score (nSPS) is 11.1. The number of benzene rings is 1. The van der Waals surface area contributed by atoms with Crippen molar-refractivity contribution in [3.05, 3.63) is 52.2 Å². The van der Waals surface area contributed by atoms with Gasteiger partial charge in [0.15, 0.2) is 0 Å². The minimum Gasteiger partial charge on any atom is -0.288 e. The molecular formula is C16H16N10O2. The van der Waals surface area contributed by atoms with Crippen molar-refractivity contribution in [2.75, 3.05) is 5.32 Å². The fraction of sp³-hybridized carbons (Fsp3) is 0.250. The molecule has 0 saturated heterocycles. The molecule has 4 rings (SSSR count). The zero-order chi connectivity index (χ0) is 19.7. The van der Waals surface area contributed by atoms with Crippen molar-refractivity contribution in [2.24, 2.45) is 0 Å². The molecule has 3 aromatic heterocycles. The van der Waals surface area contributed by atoms with Crippen molar-refractivity contribution in [3.63, 3.8) is 0 Å². The topological polar surface area (TPSA) is 138 Å². The molecule has 1 N–H and O–H groups in total. The number of para-hydroxylation sites is 1. The number of nitrogens with one attached hydrogen (secondary N) is 1. The quantitative estimate of drug-likeness (QED) is 0.519. The lowest BCUT2D eigenvalue weighted by Gasteiger charge is -2.06. The van der Waals surface area contributed by atoms with E-state index in [9.17, 15) is 9.59 Å². The number of carbonyl (C=O) groups excluding carboxylic acids is 1. The first-order chi connectivity index (χ1) is 13.6. The van der Waals surface area contributed by atoms with Gasteiger partial charge in [0.1, 0.15) is 6.33 Å². The van der Waals surface area contributed by atoms with E-state index in [1.807, 2.05) is 38.1 Å². The summed E-state index contributed by atoms with van der Waals surface area (Å²) in [7, 11) is 0. The molecular weight excluding hydrogens is 364 g/mol. The molecule has 0 aliphatic rings. The minimum atomic E-state index is -0.776. The van der Waals surface area contributed by atoms with E-state index in [1.165, 1.54) is 20.2 Å². The zero-order valence-corrected chi connectivity index (χ0v) is 15.1.